The smallest absolute Gasteiger partial charge is 0.0951 e. The van der Waals surface area contributed by atoms with Gasteiger partial charge in [-0.2, -0.15) is 0 Å². The van der Waals surface area contributed by atoms with E-state index >= 15 is 0 Å². The molecule has 0 N–H and O–H groups in total. The summed E-state index contributed by atoms with van der Waals surface area (Å²) in [6.07, 6.45) is 19.7. The van der Waals surface area contributed by atoms with Crippen molar-refractivity contribution in [3.8, 4) is 0 Å². The molecule has 0 saturated heterocycles. The van der Waals surface area contributed by atoms with Gasteiger partial charge in [0.05, 0.1) is 23.8 Å². The van der Waals surface area contributed by atoms with Gasteiger partial charge in [0, 0.05) is 25.5 Å². The minimum absolute atomic E-state index is 0.795. The van der Waals surface area contributed by atoms with Gasteiger partial charge in [-0.15, -0.1) is 9.81 Å². The maximum absolute atomic E-state index is 10.4. The first-order valence-corrected chi connectivity index (χ1v) is 7.13. The maximum atomic E-state index is 10.4. The van der Waals surface area contributed by atoms with Crippen LogP contribution in [0, 0.1) is 9.81 Å². The molecule has 0 aromatic carbocycles. The predicted molar refractivity (Wildman–Crippen MR) is 87.0 cm³/mol. The molecule has 2 heterocycles. The fourth-order valence-corrected chi connectivity index (χ4v) is 2.29. The lowest BCUT2D eigenvalue weighted by atomic mass is 10.2. The van der Waals surface area contributed by atoms with Gasteiger partial charge in [0.25, 0.3) is 0 Å². The SMILES string of the molecule is O=N/C=C1\C=CC=CN1CCCCN1C=CC=C/C1=C\N=O. The summed E-state index contributed by atoms with van der Waals surface area (Å²) in [7, 11) is 0. The first-order valence-electron chi connectivity index (χ1n) is 7.13. The summed E-state index contributed by atoms with van der Waals surface area (Å²) in [5.41, 5.74) is 1.59. The Bertz CT molecular complexity index is 533. The van der Waals surface area contributed by atoms with Crippen molar-refractivity contribution in [2.75, 3.05) is 13.1 Å². The molecule has 0 aromatic rings. The van der Waals surface area contributed by atoms with Crippen LogP contribution in [0.2, 0.25) is 0 Å². The van der Waals surface area contributed by atoms with Crippen molar-refractivity contribution in [3.05, 3.63) is 82.5 Å². The van der Waals surface area contributed by atoms with Crippen LogP contribution in [0.5, 0.6) is 0 Å². The van der Waals surface area contributed by atoms with E-state index < -0.39 is 0 Å². The molecule has 0 fully saturated rings. The summed E-state index contributed by atoms with van der Waals surface area (Å²) < 4.78 is 0. The van der Waals surface area contributed by atoms with Gasteiger partial charge in [0.1, 0.15) is 0 Å². The lowest BCUT2D eigenvalue weighted by Crippen LogP contribution is -2.22. The molecule has 0 saturated carbocycles. The molecule has 2 aliphatic heterocycles. The number of hydrogen-bond acceptors (Lipinski definition) is 6. The lowest BCUT2D eigenvalue weighted by Gasteiger charge is -2.25. The van der Waals surface area contributed by atoms with Crippen molar-refractivity contribution in [1.82, 2.24) is 9.80 Å². The van der Waals surface area contributed by atoms with E-state index in [1.165, 1.54) is 12.4 Å². The zero-order valence-corrected chi connectivity index (χ0v) is 12.2. The van der Waals surface area contributed by atoms with Crippen LogP contribution in [-0.4, -0.2) is 22.9 Å². The van der Waals surface area contributed by atoms with Gasteiger partial charge < -0.3 is 9.80 Å². The predicted octanol–water partition coefficient (Wildman–Crippen LogP) is 3.75. The Kier molecular flexibility index (Phi) is 6.04. The normalized spacial score (nSPS) is 20.2. The first-order chi connectivity index (χ1) is 10.8. The second-order valence-corrected chi connectivity index (χ2v) is 4.81. The van der Waals surface area contributed by atoms with Gasteiger partial charge in [0.15, 0.2) is 0 Å². The third-order valence-corrected chi connectivity index (χ3v) is 3.37. The van der Waals surface area contributed by atoms with Crippen molar-refractivity contribution in [2.45, 2.75) is 12.8 Å². The molecular weight excluding hydrogens is 280 g/mol. The lowest BCUT2D eigenvalue weighted by molar-refractivity contribution is 0.407. The molecule has 0 spiro atoms. The number of nitrogens with zero attached hydrogens (tertiary/aromatic N) is 4. The van der Waals surface area contributed by atoms with E-state index in [1.807, 2.05) is 58.7 Å². The number of hydrogen-bond donors (Lipinski definition) is 0. The van der Waals surface area contributed by atoms with Gasteiger partial charge in [-0.1, -0.05) is 12.2 Å². The van der Waals surface area contributed by atoms with Crippen LogP contribution in [0.15, 0.2) is 83.0 Å². The van der Waals surface area contributed by atoms with E-state index in [0.29, 0.717) is 0 Å². The van der Waals surface area contributed by atoms with Crippen LogP contribution in [0.1, 0.15) is 12.8 Å². The van der Waals surface area contributed by atoms with Gasteiger partial charge >= 0.3 is 0 Å². The Morgan fingerprint density at radius 1 is 0.773 bits per heavy atom. The summed E-state index contributed by atoms with van der Waals surface area (Å²) in [4.78, 5) is 24.8. The summed E-state index contributed by atoms with van der Waals surface area (Å²) in [5.74, 6) is 0. The molecule has 6 nitrogen and oxygen atoms in total. The van der Waals surface area contributed by atoms with Crippen LogP contribution in [0.4, 0.5) is 0 Å². The molecule has 2 rings (SSSR count). The molecule has 6 heteroatoms. The molecule has 0 bridgehead atoms. The van der Waals surface area contributed by atoms with Gasteiger partial charge in [-0.3, -0.25) is 0 Å². The second kappa shape index (κ2) is 8.51. The minimum Gasteiger partial charge on any atom is -0.347 e. The molecule has 0 aliphatic carbocycles. The van der Waals surface area contributed by atoms with Crippen molar-refractivity contribution in [1.29, 1.82) is 0 Å². The molecule has 0 atom stereocenters. The highest BCUT2D eigenvalue weighted by Gasteiger charge is 2.09. The molecule has 0 unspecified atom stereocenters. The topological polar surface area (TPSA) is 65.3 Å². The Morgan fingerprint density at radius 3 is 1.64 bits per heavy atom. The zero-order chi connectivity index (χ0) is 15.6. The van der Waals surface area contributed by atoms with E-state index in [9.17, 15) is 9.81 Å². The fourth-order valence-electron chi connectivity index (χ4n) is 2.29. The highest BCUT2D eigenvalue weighted by molar-refractivity contribution is 5.28. The third-order valence-electron chi connectivity index (χ3n) is 3.37. The van der Waals surface area contributed by atoms with E-state index in [1.54, 1.807) is 0 Å². The highest BCUT2D eigenvalue weighted by atomic mass is 16.3. The standard InChI is InChI=1S/C16H18N4O2/c21-17-13-15-7-1-3-9-19(15)11-5-6-12-20-10-4-2-8-16(20)14-18-22/h1-4,7-10,13-14H,5-6,11-12H2/b15-13+,16-14+. The molecule has 0 aromatic heterocycles. The van der Waals surface area contributed by atoms with Crippen molar-refractivity contribution >= 4 is 0 Å². The Balaban J connectivity index is 1.79. The number of allylic oxidation sites excluding steroid dienone is 6. The highest BCUT2D eigenvalue weighted by Crippen LogP contribution is 2.16. The van der Waals surface area contributed by atoms with Crippen LogP contribution in [0.25, 0.3) is 0 Å². The molecule has 0 radical (unpaired) electrons. The molecule has 22 heavy (non-hydrogen) atoms. The van der Waals surface area contributed by atoms with E-state index in [-0.39, 0.29) is 0 Å². The second-order valence-electron chi connectivity index (χ2n) is 4.81. The first kappa shape index (κ1) is 15.6. The Morgan fingerprint density at radius 2 is 1.23 bits per heavy atom. The Labute approximate surface area is 129 Å². The van der Waals surface area contributed by atoms with Gasteiger partial charge in [-0.25, -0.2) is 0 Å². The van der Waals surface area contributed by atoms with Gasteiger partial charge in [-0.05, 0) is 47.5 Å². The van der Waals surface area contributed by atoms with Crippen LogP contribution in [0.3, 0.4) is 0 Å². The number of rotatable bonds is 7. The zero-order valence-electron chi connectivity index (χ0n) is 12.2. The van der Waals surface area contributed by atoms with Crippen molar-refractivity contribution in [2.24, 2.45) is 10.4 Å². The average Bonchev–Trinajstić information content (AvgIpc) is 2.55. The van der Waals surface area contributed by atoms with Crippen LogP contribution < -0.4 is 0 Å². The summed E-state index contributed by atoms with van der Waals surface area (Å²) in [6, 6.07) is 0. The van der Waals surface area contributed by atoms with Crippen LogP contribution in [-0.2, 0) is 0 Å². The van der Waals surface area contributed by atoms with E-state index in [0.717, 1.165) is 37.3 Å². The van der Waals surface area contributed by atoms with Gasteiger partial charge in [0.2, 0.25) is 0 Å². The summed E-state index contributed by atoms with van der Waals surface area (Å²) in [5, 5.41) is 5.66. The van der Waals surface area contributed by atoms with E-state index in [2.05, 4.69) is 10.4 Å². The van der Waals surface area contributed by atoms with E-state index in [4.69, 9.17) is 0 Å². The summed E-state index contributed by atoms with van der Waals surface area (Å²) >= 11 is 0. The average molecular weight is 298 g/mol. The molecule has 2 aliphatic rings. The molecule has 0 amide bonds. The van der Waals surface area contributed by atoms with Crippen molar-refractivity contribution in [3.63, 3.8) is 0 Å². The largest absolute Gasteiger partial charge is 0.347 e. The molecular formula is C16H18N4O2. The maximum Gasteiger partial charge on any atom is 0.0951 e. The van der Waals surface area contributed by atoms with Crippen LogP contribution >= 0.6 is 0 Å². The van der Waals surface area contributed by atoms with Crippen molar-refractivity contribution < 1.29 is 0 Å². The number of unbranched alkanes of at least 4 members (excludes halogenated alkanes) is 1. The molecule has 114 valence electrons. The monoisotopic (exact) mass is 298 g/mol. The summed E-state index contributed by atoms with van der Waals surface area (Å²) in [6.45, 7) is 1.61. The Hall–Kier alpha value is -2.76. The quantitative estimate of drug-likeness (QED) is 0.530. The minimum atomic E-state index is 0.795. The third kappa shape index (κ3) is 4.37. The fraction of sp³-hybridized carbons (Fsp3) is 0.250. The number of nitroso groups, excluding NO2 is 2.